The molecule has 0 radical (unpaired) electrons. The Balaban J connectivity index is 2.47. The summed E-state index contributed by atoms with van der Waals surface area (Å²) in [5, 5.41) is 0.374. The fraction of sp³-hybridized carbons (Fsp3) is 0. The second-order valence-electron chi connectivity index (χ2n) is 3.72. The van der Waals surface area contributed by atoms with Crippen molar-refractivity contribution in [2.75, 3.05) is 10.1 Å². The minimum Gasteiger partial charge on any atom is -0.323 e. The smallest absolute Gasteiger partial charge is 0.265 e. The van der Waals surface area contributed by atoms with Gasteiger partial charge in [0.05, 0.1) is 21.4 Å². The lowest BCUT2D eigenvalue weighted by Gasteiger charge is -2.13. The molecular formula is C11H10Cl2N4O2S. The number of sulfonamides is 1. The van der Waals surface area contributed by atoms with Gasteiger partial charge in [0.15, 0.2) is 0 Å². The maximum Gasteiger partial charge on any atom is 0.265 e. The van der Waals surface area contributed by atoms with Gasteiger partial charge < -0.3 is 5.43 Å². The van der Waals surface area contributed by atoms with Gasteiger partial charge >= 0.3 is 0 Å². The molecular weight excluding hydrogens is 323 g/mol. The van der Waals surface area contributed by atoms with Gasteiger partial charge in [0, 0.05) is 12.4 Å². The molecule has 0 saturated heterocycles. The van der Waals surface area contributed by atoms with Gasteiger partial charge in [0.1, 0.15) is 4.90 Å². The van der Waals surface area contributed by atoms with E-state index in [4.69, 9.17) is 29.0 Å². The SMILES string of the molecule is NNc1ccncc1S(=O)(=O)Nc1c(Cl)cccc1Cl. The molecule has 0 atom stereocenters. The van der Waals surface area contributed by atoms with Crippen molar-refractivity contribution >= 4 is 44.6 Å². The van der Waals surface area contributed by atoms with Crippen molar-refractivity contribution in [3.8, 4) is 0 Å². The Bertz CT molecular complexity index is 717. The second-order valence-corrected chi connectivity index (χ2v) is 6.18. The first-order valence-electron chi connectivity index (χ1n) is 5.33. The van der Waals surface area contributed by atoms with E-state index in [1.165, 1.54) is 30.6 Å². The lowest BCUT2D eigenvalue weighted by atomic mass is 10.3. The third-order valence-electron chi connectivity index (χ3n) is 2.43. The largest absolute Gasteiger partial charge is 0.323 e. The Kier molecular flexibility index (Phi) is 4.34. The van der Waals surface area contributed by atoms with E-state index in [0.29, 0.717) is 0 Å². The Labute approximate surface area is 125 Å². The molecule has 0 aliphatic heterocycles. The summed E-state index contributed by atoms with van der Waals surface area (Å²) < 4.78 is 27.0. The molecule has 1 aromatic carbocycles. The maximum absolute atomic E-state index is 12.3. The molecule has 6 nitrogen and oxygen atoms in total. The first kappa shape index (κ1) is 14.9. The summed E-state index contributed by atoms with van der Waals surface area (Å²) in [7, 11) is -3.92. The summed E-state index contributed by atoms with van der Waals surface area (Å²) in [6.07, 6.45) is 2.58. The van der Waals surface area contributed by atoms with E-state index in [9.17, 15) is 8.42 Å². The number of nitrogens with zero attached hydrogens (tertiary/aromatic N) is 1. The molecule has 0 fully saturated rings. The molecule has 0 unspecified atom stereocenters. The Morgan fingerprint density at radius 1 is 1.15 bits per heavy atom. The number of nitrogen functional groups attached to an aromatic ring is 1. The van der Waals surface area contributed by atoms with Gasteiger partial charge in [-0.25, -0.2) is 8.42 Å². The molecule has 0 spiro atoms. The topological polar surface area (TPSA) is 97.1 Å². The molecule has 1 aromatic heterocycles. The van der Waals surface area contributed by atoms with Crippen molar-refractivity contribution in [1.29, 1.82) is 0 Å². The van der Waals surface area contributed by atoms with Gasteiger partial charge in [-0.1, -0.05) is 29.3 Å². The normalized spacial score (nSPS) is 11.2. The number of aromatic nitrogens is 1. The third-order valence-corrected chi connectivity index (χ3v) is 4.44. The molecule has 0 amide bonds. The number of nitrogens with two attached hydrogens (primary N) is 1. The fourth-order valence-corrected chi connectivity index (χ4v) is 3.32. The first-order valence-corrected chi connectivity index (χ1v) is 7.57. The number of hydrogen-bond donors (Lipinski definition) is 3. The van der Waals surface area contributed by atoms with Gasteiger partial charge in [-0.05, 0) is 18.2 Å². The first-order chi connectivity index (χ1) is 9.45. The molecule has 1 heterocycles. The van der Waals surface area contributed by atoms with Crippen LogP contribution in [0.1, 0.15) is 0 Å². The van der Waals surface area contributed by atoms with Crippen molar-refractivity contribution in [1.82, 2.24) is 4.98 Å². The zero-order valence-corrected chi connectivity index (χ0v) is 12.3. The molecule has 2 aromatic rings. The van der Waals surface area contributed by atoms with Crippen molar-refractivity contribution < 1.29 is 8.42 Å². The van der Waals surface area contributed by atoms with Crippen LogP contribution >= 0.6 is 23.2 Å². The van der Waals surface area contributed by atoms with E-state index in [0.717, 1.165) is 0 Å². The van der Waals surface area contributed by atoms with Gasteiger partial charge in [-0.2, -0.15) is 0 Å². The van der Waals surface area contributed by atoms with Crippen LogP contribution in [-0.4, -0.2) is 13.4 Å². The van der Waals surface area contributed by atoms with E-state index in [2.05, 4.69) is 15.1 Å². The summed E-state index contributed by atoms with van der Waals surface area (Å²) >= 11 is 11.9. The number of pyridine rings is 1. The average Bonchev–Trinajstić information content (AvgIpc) is 2.43. The summed E-state index contributed by atoms with van der Waals surface area (Å²) in [4.78, 5) is 3.65. The molecule has 9 heteroatoms. The number of hydrazine groups is 1. The fourth-order valence-electron chi connectivity index (χ4n) is 1.50. The van der Waals surface area contributed by atoms with Crippen molar-refractivity contribution in [3.05, 3.63) is 46.7 Å². The average molecular weight is 333 g/mol. The Morgan fingerprint density at radius 3 is 2.40 bits per heavy atom. The van der Waals surface area contributed by atoms with Crippen LogP contribution in [-0.2, 0) is 10.0 Å². The summed E-state index contributed by atoms with van der Waals surface area (Å²) in [6, 6.07) is 6.09. The van der Waals surface area contributed by atoms with Crippen molar-refractivity contribution in [2.24, 2.45) is 5.84 Å². The van der Waals surface area contributed by atoms with E-state index in [-0.39, 0.29) is 26.3 Å². The molecule has 20 heavy (non-hydrogen) atoms. The summed E-state index contributed by atoms with van der Waals surface area (Å²) in [6.45, 7) is 0. The zero-order chi connectivity index (χ0) is 14.8. The Hall–Kier alpha value is -1.54. The third kappa shape index (κ3) is 2.96. The van der Waals surface area contributed by atoms with Crippen LogP contribution in [0.3, 0.4) is 0 Å². The Morgan fingerprint density at radius 2 is 1.80 bits per heavy atom. The molecule has 0 aliphatic rings. The number of benzene rings is 1. The molecule has 106 valence electrons. The van der Waals surface area contributed by atoms with Crippen LogP contribution in [0, 0.1) is 0 Å². The van der Waals surface area contributed by atoms with Crippen LogP contribution in [0.2, 0.25) is 10.0 Å². The number of rotatable bonds is 4. The van der Waals surface area contributed by atoms with Crippen LogP contribution in [0.4, 0.5) is 11.4 Å². The predicted octanol–water partition coefficient (Wildman–Crippen LogP) is 2.47. The predicted molar refractivity (Wildman–Crippen MR) is 79.3 cm³/mol. The van der Waals surface area contributed by atoms with Gasteiger partial charge in [0.2, 0.25) is 0 Å². The summed E-state index contributed by atoms with van der Waals surface area (Å²) in [5.74, 6) is 5.28. The second kappa shape index (κ2) is 5.84. The van der Waals surface area contributed by atoms with Crippen molar-refractivity contribution in [2.45, 2.75) is 4.90 Å². The number of para-hydroxylation sites is 1. The number of nitrogens with one attached hydrogen (secondary N) is 2. The van der Waals surface area contributed by atoms with E-state index < -0.39 is 10.0 Å². The minimum absolute atomic E-state index is 0.0997. The van der Waals surface area contributed by atoms with E-state index in [1.807, 2.05) is 0 Å². The lowest BCUT2D eigenvalue weighted by Crippen LogP contribution is -2.18. The van der Waals surface area contributed by atoms with Crippen LogP contribution in [0.25, 0.3) is 0 Å². The van der Waals surface area contributed by atoms with Crippen LogP contribution in [0.5, 0.6) is 0 Å². The monoisotopic (exact) mass is 332 g/mol. The lowest BCUT2D eigenvalue weighted by molar-refractivity contribution is 0.601. The molecule has 0 aliphatic carbocycles. The highest BCUT2D eigenvalue weighted by atomic mass is 35.5. The van der Waals surface area contributed by atoms with Gasteiger partial charge in [-0.15, -0.1) is 0 Å². The molecule has 2 rings (SSSR count). The van der Waals surface area contributed by atoms with E-state index >= 15 is 0 Å². The highest BCUT2D eigenvalue weighted by molar-refractivity contribution is 7.93. The standard InChI is InChI=1S/C11H10Cl2N4O2S/c12-7-2-1-3-8(13)11(7)17-20(18,19)10-6-15-5-4-9(10)16-14/h1-6,17H,14H2,(H,15,16). The summed E-state index contributed by atoms with van der Waals surface area (Å²) in [5.41, 5.74) is 2.60. The number of hydrogen-bond acceptors (Lipinski definition) is 5. The van der Waals surface area contributed by atoms with Crippen molar-refractivity contribution in [3.63, 3.8) is 0 Å². The number of halogens is 2. The molecule has 0 bridgehead atoms. The maximum atomic E-state index is 12.3. The van der Waals surface area contributed by atoms with Gasteiger partial charge in [0.25, 0.3) is 10.0 Å². The van der Waals surface area contributed by atoms with Gasteiger partial charge in [-0.3, -0.25) is 15.5 Å². The number of anilines is 2. The highest BCUT2D eigenvalue weighted by Crippen LogP contribution is 2.32. The molecule has 0 saturated carbocycles. The highest BCUT2D eigenvalue weighted by Gasteiger charge is 2.21. The zero-order valence-electron chi connectivity index (χ0n) is 9.97. The minimum atomic E-state index is -3.92. The van der Waals surface area contributed by atoms with E-state index in [1.54, 1.807) is 6.07 Å². The van der Waals surface area contributed by atoms with Crippen LogP contribution in [0.15, 0.2) is 41.6 Å². The van der Waals surface area contributed by atoms with Crippen LogP contribution < -0.4 is 16.0 Å². The molecule has 4 N–H and O–H groups in total. The quantitative estimate of drug-likeness (QED) is 0.590.